The molecule has 1 aromatic carbocycles. The molecule has 0 radical (unpaired) electrons. The lowest BCUT2D eigenvalue weighted by Gasteiger charge is -2.24. The van der Waals surface area contributed by atoms with Crippen molar-refractivity contribution in [2.45, 2.75) is 26.2 Å². The van der Waals surface area contributed by atoms with Crippen LogP contribution < -0.4 is 16.0 Å². The average molecular weight is 374 g/mol. The number of nitrogens with zero attached hydrogens (tertiary/aromatic N) is 3. The van der Waals surface area contributed by atoms with Crippen LogP contribution >= 0.6 is 0 Å². The molecule has 2 heterocycles. The van der Waals surface area contributed by atoms with Gasteiger partial charge >= 0.3 is 0 Å². The number of aryl methyl sites for hydroxylation is 1. The van der Waals surface area contributed by atoms with Gasteiger partial charge in [-0.15, -0.1) is 0 Å². The molecule has 0 saturated heterocycles. The summed E-state index contributed by atoms with van der Waals surface area (Å²) in [7, 11) is 0. The maximum absolute atomic E-state index is 12.0. The van der Waals surface area contributed by atoms with Crippen molar-refractivity contribution in [3.05, 3.63) is 60.6 Å². The first-order valence-corrected chi connectivity index (χ1v) is 9.35. The van der Waals surface area contributed by atoms with Crippen molar-refractivity contribution >= 4 is 34.7 Å². The van der Waals surface area contributed by atoms with Crippen LogP contribution in [0.3, 0.4) is 0 Å². The van der Waals surface area contributed by atoms with Gasteiger partial charge in [0, 0.05) is 29.6 Å². The van der Waals surface area contributed by atoms with Gasteiger partial charge in [-0.2, -0.15) is 0 Å². The molecular weight excluding hydrogens is 352 g/mol. The van der Waals surface area contributed by atoms with Gasteiger partial charge in [-0.3, -0.25) is 4.79 Å². The minimum atomic E-state index is 0.114. The van der Waals surface area contributed by atoms with E-state index in [0.29, 0.717) is 11.6 Å². The zero-order valence-electron chi connectivity index (χ0n) is 15.6. The summed E-state index contributed by atoms with van der Waals surface area (Å²) in [4.78, 5) is 24.8. The smallest absolute Gasteiger partial charge is 0.227 e. The lowest BCUT2D eigenvalue weighted by molar-refractivity contribution is -0.122. The molecule has 1 saturated carbocycles. The molecule has 0 unspecified atom stereocenters. The van der Waals surface area contributed by atoms with Crippen molar-refractivity contribution in [1.82, 2.24) is 15.0 Å². The van der Waals surface area contributed by atoms with Crippen LogP contribution in [0.25, 0.3) is 0 Å². The van der Waals surface area contributed by atoms with Gasteiger partial charge in [0.25, 0.3) is 0 Å². The van der Waals surface area contributed by atoms with Crippen LogP contribution in [0.2, 0.25) is 0 Å². The molecule has 3 aromatic rings. The molecular formula is C21H22N6O. The lowest BCUT2D eigenvalue weighted by Crippen LogP contribution is -2.27. The van der Waals surface area contributed by atoms with Gasteiger partial charge in [-0.05, 0) is 61.7 Å². The molecule has 28 heavy (non-hydrogen) atoms. The first kappa shape index (κ1) is 17.9. The molecule has 7 heteroatoms. The van der Waals surface area contributed by atoms with E-state index in [-0.39, 0.29) is 11.8 Å². The van der Waals surface area contributed by atoms with E-state index in [2.05, 4.69) is 30.9 Å². The number of amides is 1. The highest BCUT2D eigenvalue weighted by atomic mass is 16.1. The van der Waals surface area contributed by atoms with Crippen molar-refractivity contribution in [3.63, 3.8) is 0 Å². The summed E-state index contributed by atoms with van der Waals surface area (Å²) in [5.74, 6) is 2.34. The number of anilines is 5. The topological polar surface area (TPSA) is 91.8 Å². The molecule has 142 valence electrons. The first-order chi connectivity index (χ1) is 13.7. The number of nitrogens with one attached hydrogen (secondary N) is 3. The maximum Gasteiger partial charge on any atom is 0.227 e. The monoisotopic (exact) mass is 374 g/mol. The number of carbonyl (C=O) groups excluding carboxylic acids is 1. The highest BCUT2D eigenvalue weighted by Crippen LogP contribution is 2.28. The average Bonchev–Trinajstić information content (AvgIpc) is 2.62. The first-order valence-electron chi connectivity index (χ1n) is 9.35. The van der Waals surface area contributed by atoms with Gasteiger partial charge in [0.15, 0.2) is 0 Å². The maximum atomic E-state index is 12.0. The highest BCUT2D eigenvalue weighted by Gasteiger charge is 2.24. The number of rotatable bonds is 6. The van der Waals surface area contributed by atoms with Crippen LogP contribution in [0.1, 0.15) is 24.8 Å². The Morgan fingerprint density at radius 2 is 1.57 bits per heavy atom. The largest absolute Gasteiger partial charge is 0.340 e. The van der Waals surface area contributed by atoms with Crippen molar-refractivity contribution in [2.75, 3.05) is 16.0 Å². The van der Waals surface area contributed by atoms with E-state index in [1.807, 2.05) is 49.4 Å². The Hall–Kier alpha value is -3.48. The Labute approximate surface area is 163 Å². The second-order valence-corrected chi connectivity index (χ2v) is 6.95. The predicted octanol–water partition coefficient (Wildman–Crippen LogP) is 4.41. The number of hydrogen-bond donors (Lipinski definition) is 3. The fraction of sp³-hybridized carbons (Fsp3) is 0.238. The summed E-state index contributed by atoms with van der Waals surface area (Å²) >= 11 is 0. The molecule has 1 aliphatic carbocycles. The third-order valence-corrected chi connectivity index (χ3v) is 4.74. The van der Waals surface area contributed by atoms with E-state index >= 15 is 0 Å². The highest BCUT2D eigenvalue weighted by molar-refractivity contribution is 5.93. The quantitative estimate of drug-likeness (QED) is 0.592. The van der Waals surface area contributed by atoms with Crippen LogP contribution in [-0.2, 0) is 4.79 Å². The number of aromatic nitrogens is 3. The van der Waals surface area contributed by atoms with Crippen LogP contribution in [0, 0.1) is 12.8 Å². The van der Waals surface area contributed by atoms with E-state index in [9.17, 15) is 4.79 Å². The molecule has 7 nitrogen and oxygen atoms in total. The molecule has 0 atom stereocenters. The summed E-state index contributed by atoms with van der Waals surface area (Å²) < 4.78 is 0. The van der Waals surface area contributed by atoms with Crippen LogP contribution in [-0.4, -0.2) is 20.9 Å². The Kier molecular flexibility index (Phi) is 5.14. The number of benzene rings is 1. The number of pyridine rings is 1. The number of hydrogen-bond acceptors (Lipinski definition) is 6. The molecule has 1 fully saturated rings. The van der Waals surface area contributed by atoms with E-state index in [1.165, 1.54) is 6.33 Å². The lowest BCUT2D eigenvalue weighted by atomic mass is 9.85. The van der Waals surface area contributed by atoms with Gasteiger partial charge in [0.05, 0.1) is 0 Å². The van der Waals surface area contributed by atoms with Crippen LogP contribution in [0.4, 0.5) is 28.8 Å². The van der Waals surface area contributed by atoms with Gasteiger partial charge in [-0.1, -0.05) is 6.42 Å². The van der Waals surface area contributed by atoms with E-state index in [1.54, 1.807) is 6.20 Å². The van der Waals surface area contributed by atoms with Gasteiger partial charge < -0.3 is 16.0 Å². The van der Waals surface area contributed by atoms with Gasteiger partial charge in [-0.25, -0.2) is 15.0 Å². The normalized spacial score (nSPS) is 13.5. The molecule has 0 spiro atoms. The fourth-order valence-corrected chi connectivity index (χ4v) is 2.93. The Balaban J connectivity index is 1.39. The summed E-state index contributed by atoms with van der Waals surface area (Å²) in [6.07, 6.45) is 6.38. The molecule has 1 amide bonds. The molecule has 4 rings (SSSR count). The molecule has 3 N–H and O–H groups in total. The second kappa shape index (κ2) is 8.04. The summed E-state index contributed by atoms with van der Waals surface area (Å²) in [6, 6.07) is 13.3. The zero-order valence-corrected chi connectivity index (χ0v) is 15.6. The van der Waals surface area contributed by atoms with E-state index in [4.69, 9.17) is 0 Å². The van der Waals surface area contributed by atoms with Gasteiger partial charge in [0.2, 0.25) is 5.91 Å². The summed E-state index contributed by atoms with van der Waals surface area (Å²) in [6.45, 7) is 2.01. The van der Waals surface area contributed by atoms with E-state index in [0.717, 1.165) is 42.0 Å². The summed E-state index contributed by atoms with van der Waals surface area (Å²) in [5.41, 5.74) is 2.80. The Morgan fingerprint density at radius 3 is 2.25 bits per heavy atom. The Morgan fingerprint density at radius 1 is 0.893 bits per heavy atom. The van der Waals surface area contributed by atoms with Gasteiger partial charge in [0.1, 0.15) is 23.8 Å². The van der Waals surface area contributed by atoms with Crippen LogP contribution in [0.15, 0.2) is 55.0 Å². The zero-order chi connectivity index (χ0) is 19.3. The van der Waals surface area contributed by atoms with Crippen molar-refractivity contribution in [2.24, 2.45) is 5.92 Å². The predicted molar refractivity (Wildman–Crippen MR) is 110 cm³/mol. The standard InChI is InChI=1S/C21H22N6O/c1-14-9-10-22-18(11-14)27-20-12-19(23-13-24-20)25-16-5-7-17(8-6-16)26-21(28)15-3-2-4-15/h5-13,15H,2-4H2,1H3,(H,26,28)(H2,22,23,24,25,27). The van der Waals surface area contributed by atoms with Crippen LogP contribution in [0.5, 0.6) is 0 Å². The summed E-state index contributed by atoms with van der Waals surface area (Å²) in [5, 5.41) is 9.38. The molecule has 1 aliphatic rings. The van der Waals surface area contributed by atoms with Crippen molar-refractivity contribution in [3.8, 4) is 0 Å². The van der Waals surface area contributed by atoms with Crippen molar-refractivity contribution < 1.29 is 4.79 Å². The van der Waals surface area contributed by atoms with Crippen molar-refractivity contribution in [1.29, 1.82) is 0 Å². The molecule has 2 aromatic heterocycles. The minimum absolute atomic E-state index is 0.114. The third-order valence-electron chi connectivity index (χ3n) is 4.74. The fourth-order valence-electron chi connectivity index (χ4n) is 2.93. The molecule has 0 bridgehead atoms. The second-order valence-electron chi connectivity index (χ2n) is 6.95. The van der Waals surface area contributed by atoms with E-state index < -0.39 is 0 Å². The number of carbonyl (C=O) groups is 1. The molecule has 0 aliphatic heterocycles. The third kappa shape index (κ3) is 4.43. The minimum Gasteiger partial charge on any atom is -0.340 e. The SMILES string of the molecule is Cc1ccnc(Nc2cc(Nc3ccc(NC(=O)C4CCC4)cc3)ncn2)c1. The Bertz CT molecular complexity index is 969.